The van der Waals surface area contributed by atoms with Gasteiger partial charge in [-0.3, -0.25) is 9.59 Å². The Morgan fingerprint density at radius 3 is 2.86 bits per heavy atom. The summed E-state index contributed by atoms with van der Waals surface area (Å²) < 4.78 is 26.4. The monoisotopic (exact) mass is 297 g/mol. The fourth-order valence-electron chi connectivity index (χ4n) is 2.55. The van der Waals surface area contributed by atoms with Crippen molar-refractivity contribution in [1.29, 1.82) is 0 Å². The molecule has 0 bridgehead atoms. The second kappa shape index (κ2) is 6.60. The Morgan fingerprint density at radius 2 is 2.19 bits per heavy atom. The van der Waals surface area contributed by atoms with Crippen LogP contribution in [0, 0.1) is 17.6 Å². The second-order valence-corrected chi connectivity index (χ2v) is 5.25. The van der Waals surface area contributed by atoms with Gasteiger partial charge in [-0.1, -0.05) is 0 Å². The molecule has 1 saturated heterocycles. The highest BCUT2D eigenvalue weighted by molar-refractivity contribution is 5.92. The molecule has 1 aromatic rings. The van der Waals surface area contributed by atoms with Crippen molar-refractivity contribution in [3.05, 3.63) is 29.6 Å². The molecular weight excluding hydrogens is 280 g/mol. The van der Waals surface area contributed by atoms with Crippen molar-refractivity contribution in [2.45, 2.75) is 25.7 Å². The van der Waals surface area contributed by atoms with Crippen LogP contribution in [0.4, 0.5) is 8.78 Å². The minimum absolute atomic E-state index is 0.165. The minimum atomic E-state index is -0.959. The molecule has 0 spiro atoms. The van der Waals surface area contributed by atoms with Crippen molar-refractivity contribution in [2.75, 3.05) is 13.1 Å². The molecule has 1 aliphatic heterocycles. The number of halogens is 2. The Kier molecular flexibility index (Phi) is 4.82. The zero-order valence-electron chi connectivity index (χ0n) is 11.5. The van der Waals surface area contributed by atoms with E-state index in [2.05, 4.69) is 4.98 Å². The molecule has 5 nitrogen and oxygen atoms in total. The molecule has 2 rings (SSSR count). The average molecular weight is 297 g/mol. The van der Waals surface area contributed by atoms with E-state index in [1.165, 1.54) is 4.90 Å². The maximum Gasteiger partial charge on any atom is 0.275 e. The maximum atomic E-state index is 13.6. The quantitative estimate of drug-likeness (QED) is 0.914. The van der Waals surface area contributed by atoms with Crippen LogP contribution >= 0.6 is 0 Å². The molecule has 2 amide bonds. The number of piperidine rings is 1. The van der Waals surface area contributed by atoms with Crippen LogP contribution in [0.15, 0.2) is 12.3 Å². The van der Waals surface area contributed by atoms with Gasteiger partial charge in [0.05, 0.1) is 6.20 Å². The van der Waals surface area contributed by atoms with Gasteiger partial charge in [0, 0.05) is 25.6 Å². The highest BCUT2D eigenvalue weighted by atomic mass is 19.1. The SMILES string of the molecule is NC(=O)CC[C@@H]1CCCN(C(=O)c2ncc(F)cc2F)C1. The number of nitrogens with zero attached hydrogens (tertiary/aromatic N) is 2. The lowest BCUT2D eigenvalue weighted by molar-refractivity contribution is -0.118. The Morgan fingerprint density at radius 1 is 1.43 bits per heavy atom. The fraction of sp³-hybridized carbons (Fsp3) is 0.500. The first-order chi connectivity index (χ1) is 9.97. The third kappa shape index (κ3) is 3.96. The van der Waals surface area contributed by atoms with Crippen molar-refractivity contribution < 1.29 is 18.4 Å². The van der Waals surface area contributed by atoms with E-state index in [4.69, 9.17) is 5.73 Å². The number of carbonyl (C=O) groups excluding carboxylic acids is 2. The highest BCUT2D eigenvalue weighted by Crippen LogP contribution is 2.22. The first-order valence-electron chi connectivity index (χ1n) is 6.86. The lowest BCUT2D eigenvalue weighted by Crippen LogP contribution is -2.40. The number of hydrogen-bond acceptors (Lipinski definition) is 3. The van der Waals surface area contributed by atoms with Crippen LogP contribution in [0.25, 0.3) is 0 Å². The molecule has 7 heteroatoms. The predicted molar refractivity (Wildman–Crippen MR) is 71.2 cm³/mol. The molecule has 0 aromatic carbocycles. The van der Waals surface area contributed by atoms with Gasteiger partial charge in [-0.25, -0.2) is 13.8 Å². The normalized spacial score (nSPS) is 18.6. The van der Waals surface area contributed by atoms with E-state index in [0.717, 1.165) is 19.0 Å². The standard InChI is InChI=1S/C14H17F2N3O2/c15-10-6-11(16)13(18-7-10)14(21)19-5-1-2-9(8-19)3-4-12(17)20/h6-7,9H,1-5,8H2,(H2,17,20)/t9-/m0/s1. The predicted octanol–water partition coefficient (Wildman–Crippen LogP) is 1.48. The largest absolute Gasteiger partial charge is 0.370 e. The Balaban J connectivity index is 2.03. The lowest BCUT2D eigenvalue weighted by Gasteiger charge is -2.32. The van der Waals surface area contributed by atoms with Crippen LogP contribution in [-0.2, 0) is 4.79 Å². The molecule has 2 N–H and O–H groups in total. The molecular formula is C14H17F2N3O2. The molecule has 1 aromatic heterocycles. The second-order valence-electron chi connectivity index (χ2n) is 5.25. The summed E-state index contributed by atoms with van der Waals surface area (Å²) in [6.45, 7) is 0.939. The fourth-order valence-corrected chi connectivity index (χ4v) is 2.55. The molecule has 1 fully saturated rings. The zero-order valence-corrected chi connectivity index (χ0v) is 11.5. The van der Waals surface area contributed by atoms with Crippen LogP contribution in [0.1, 0.15) is 36.2 Å². The number of carbonyl (C=O) groups is 2. The molecule has 0 aliphatic carbocycles. The van der Waals surface area contributed by atoms with Gasteiger partial charge in [0.15, 0.2) is 11.5 Å². The molecule has 114 valence electrons. The summed E-state index contributed by atoms with van der Waals surface area (Å²) in [6, 6.07) is 0.648. The first kappa shape index (κ1) is 15.3. The Labute approximate surface area is 121 Å². The van der Waals surface area contributed by atoms with Crippen LogP contribution in [0.2, 0.25) is 0 Å². The summed E-state index contributed by atoms with van der Waals surface area (Å²) >= 11 is 0. The highest BCUT2D eigenvalue weighted by Gasteiger charge is 2.27. The van der Waals surface area contributed by atoms with E-state index in [1.807, 2.05) is 0 Å². The first-order valence-corrected chi connectivity index (χ1v) is 6.86. The van der Waals surface area contributed by atoms with E-state index in [1.54, 1.807) is 0 Å². The van der Waals surface area contributed by atoms with Gasteiger partial charge in [-0.15, -0.1) is 0 Å². The Bertz CT molecular complexity index is 551. The van der Waals surface area contributed by atoms with Gasteiger partial charge < -0.3 is 10.6 Å². The summed E-state index contributed by atoms with van der Waals surface area (Å²) in [7, 11) is 0. The number of primary amides is 1. The number of hydrogen-bond donors (Lipinski definition) is 1. The summed E-state index contributed by atoms with van der Waals surface area (Å²) in [5, 5.41) is 0. The minimum Gasteiger partial charge on any atom is -0.370 e. The zero-order chi connectivity index (χ0) is 15.4. The van der Waals surface area contributed by atoms with Crippen LogP contribution in [-0.4, -0.2) is 34.8 Å². The number of rotatable bonds is 4. The van der Waals surface area contributed by atoms with Gasteiger partial charge in [-0.05, 0) is 25.2 Å². The van der Waals surface area contributed by atoms with E-state index < -0.39 is 17.5 Å². The molecule has 0 radical (unpaired) electrons. The summed E-state index contributed by atoms with van der Waals surface area (Å²) in [5.41, 5.74) is 4.75. The molecule has 21 heavy (non-hydrogen) atoms. The van der Waals surface area contributed by atoms with Gasteiger partial charge in [0.25, 0.3) is 5.91 Å². The topological polar surface area (TPSA) is 76.3 Å². The Hall–Kier alpha value is -2.05. The summed E-state index contributed by atoms with van der Waals surface area (Å²) in [6.07, 6.45) is 3.38. The molecule has 0 unspecified atom stereocenters. The lowest BCUT2D eigenvalue weighted by atomic mass is 9.93. The molecule has 2 heterocycles. The average Bonchev–Trinajstić information content (AvgIpc) is 2.45. The molecule has 0 saturated carbocycles. The van der Waals surface area contributed by atoms with Crippen molar-refractivity contribution in [3.63, 3.8) is 0 Å². The van der Waals surface area contributed by atoms with E-state index in [9.17, 15) is 18.4 Å². The van der Waals surface area contributed by atoms with Crippen LogP contribution < -0.4 is 5.73 Å². The van der Waals surface area contributed by atoms with E-state index >= 15 is 0 Å². The third-order valence-electron chi connectivity index (χ3n) is 3.62. The molecule has 1 aliphatic rings. The van der Waals surface area contributed by atoms with Gasteiger partial charge in [0.2, 0.25) is 5.91 Å². The van der Waals surface area contributed by atoms with Crippen molar-refractivity contribution in [2.24, 2.45) is 11.7 Å². The van der Waals surface area contributed by atoms with E-state index in [0.29, 0.717) is 25.6 Å². The van der Waals surface area contributed by atoms with Gasteiger partial charge in [0.1, 0.15) is 5.82 Å². The van der Waals surface area contributed by atoms with Crippen molar-refractivity contribution in [1.82, 2.24) is 9.88 Å². The number of aromatic nitrogens is 1. The summed E-state index contributed by atoms with van der Waals surface area (Å²) in [5.74, 6) is -2.53. The number of nitrogens with two attached hydrogens (primary N) is 1. The van der Waals surface area contributed by atoms with Crippen LogP contribution in [0.3, 0.4) is 0 Å². The van der Waals surface area contributed by atoms with E-state index in [-0.39, 0.29) is 23.9 Å². The smallest absolute Gasteiger partial charge is 0.275 e. The molecule has 1 atom stereocenters. The number of pyridine rings is 1. The van der Waals surface area contributed by atoms with Gasteiger partial charge in [-0.2, -0.15) is 0 Å². The number of likely N-dealkylation sites (tertiary alicyclic amines) is 1. The van der Waals surface area contributed by atoms with Crippen molar-refractivity contribution in [3.8, 4) is 0 Å². The van der Waals surface area contributed by atoms with Crippen LogP contribution in [0.5, 0.6) is 0 Å². The third-order valence-corrected chi connectivity index (χ3v) is 3.62. The maximum absolute atomic E-state index is 13.6. The van der Waals surface area contributed by atoms with Gasteiger partial charge >= 0.3 is 0 Å². The summed E-state index contributed by atoms with van der Waals surface area (Å²) in [4.78, 5) is 28.1. The van der Waals surface area contributed by atoms with Crippen molar-refractivity contribution >= 4 is 11.8 Å². The number of amides is 2.